The second-order valence-electron chi connectivity index (χ2n) is 8.00. The molecule has 1 aromatic carbocycles. The number of carbonyl (C=O) groups is 1. The lowest BCUT2D eigenvalue weighted by atomic mass is 10.1. The molecule has 2 saturated heterocycles. The molecule has 7 heteroatoms. The first-order chi connectivity index (χ1) is 14.7. The SMILES string of the molecule is COc1ccc(CN2CCN(CC(=O)N3CCCC3c3cccs3)CC2)cc1OC. The quantitative estimate of drug-likeness (QED) is 0.676. The van der Waals surface area contributed by atoms with Crippen molar-refractivity contribution in [2.24, 2.45) is 0 Å². The van der Waals surface area contributed by atoms with Gasteiger partial charge in [-0.25, -0.2) is 0 Å². The number of thiophene rings is 1. The average Bonchev–Trinajstić information content (AvgIpc) is 3.46. The Labute approximate surface area is 183 Å². The molecular formula is C23H31N3O3S. The number of benzene rings is 1. The minimum absolute atomic E-state index is 0.277. The summed E-state index contributed by atoms with van der Waals surface area (Å²) in [6, 6.07) is 10.6. The van der Waals surface area contributed by atoms with Crippen LogP contribution < -0.4 is 9.47 Å². The van der Waals surface area contributed by atoms with E-state index in [1.54, 1.807) is 25.6 Å². The van der Waals surface area contributed by atoms with Crippen molar-refractivity contribution in [3.63, 3.8) is 0 Å². The van der Waals surface area contributed by atoms with Gasteiger partial charge in [0, 0.05) is 44.1 Å². The fourth-order valence-electron chi connectivity index (χ4n) is 4.47. The van der Waals surface area contributed by atoms with E-state index >= 15 is 0 Å². The maximum absolute atomic E-state index is 13.0. The summed E-state index contributed by atoms with van der Waals surface area (Å²) < 4.78 is 10.7. The van der Waals surface area contributed by atoms with Crippen molar-refractivity contribution in [2.45, 2.75) is 25.4 Å². The van der Waals surface area contributed by atoms with E-state index in [9.17, 15) is 4.79 Å². The van der Waals surface area contributed by atoms with Crippen LogP contribution in [-0.2, 0) is 11.3 Å². The van der Waals surface area contributed by atoms with Gasteiger partial charge < -0.3 is 14.4 Å². The lowest BCUT2D eigenvalue weighted by molar-refractivity contribution is -0.133. The van der Waals surface area contributed by atoms with E-state index in [0.29, 0.717) is 6.54 Å². The standard InChI is InChI=1S/C23H31N3O3S/c1-28-20-8-7-18(15-21(20)29-2)16-24-10-12-25(13-11-24)17-23(27)26-9-3-5-19(26)22-6-4-14-30-22/h4,6-8,14-15,19H,3,5,9-13,16-17H2,1-2H3. The molecular weight excluding hydrogens is 398 g/mol. The first-order valence-electron chi connectivity index (χ1n) is 10.7. The van der Waals surface area contributed by atoms with Crippen LogP contribution in [0.15, 0.2) is 35.7 Å². The highest BCUT2D eigenvalue weighted by Gasteiger charge is 2.31. The molecule has 2 aromatic rings. The Kier molecular flexibility index (Phi) is 6.92. The largest absolute Gasteiger partial charge is 0.493 e. The maximum Gasteiger partial charge on any atom is 0.237 e. The molecule has 0 aliphatic carbocycles. The zero-order valence-corrected chi connectivity index (χ0v) is 18.7. The van der Waals surface area contributed by atoms with Crippen molar-refractivity contribution in [1.82, 2.24) is 14.7 Å². The van der Waals surface area contributed by atoms with Gasteiger partial charge >= 0.3 is 0 Å². The molecule has 1 unspecified atom stereocenters. The summed E-state index contributed by atoms with van der Waals surface area (Å²) >= 11 is 1.76. The van der Waals surface area contributed by atoms with Crippen molar-refractivity contribution < 1.29 is 14.3 Å². The van der Waals surface area contributed by atoms with Crippen LogP contribution >= 0.6 is 11.3 Å². The average molecular weight is 430 g/mol. The highest BCUT2D eigenvalue weighted by Crippen LogP contribution is 2.34. The number of methoxy groups -OCH3 is 2. The molecule has 2 aliphatic heterocycles. The van der Waals surface area contributed by atoms with Gasteiger partial charge in [-0.05, 0) is 42.0 Å². The maximum atomic E-state index is 13.0. The fourth-order valence-corrected chi connectivity index (χ4v) is 5.34. The third-order valence-electron chi connectivity index (χ3n) is 6.12. The van der Waals surface area contributed by atoms with E-state index in [0.717, 1.165) is 63.6 Å². The molecule has 0 bridgehead atoms. The molecule has 0 spiro atoms. The topological polar surface area (TPSA) is 45.2 Å². The van der Waals surface area contributed by atoms with Crippen molar-refractivity contribution in [2.75, 3.05) is 53.5 Å². The molecule has 1 amide bonds. The number of likely N-dealkylation sites (tertiary alicyclic amines) is 1. The Morgan fingerprint density at radius 1 is 1.03 bits per heavy atom. The summed E-state index contributed by atoms with van der Waals surface area (Å²) in [7, 11) is 3.32. The van der Waals surface area contributed by atoms with Crippen molar-refractivity contribution in [1.29, 1.82) is 0 Å². The smallest absolute Gasteiger partial charge is 0.237 e. The third-order valence-corrected chi connectivity index (χ3v) is 7.10. The molecule has 2 fully saturated rings. The summed E-state index contributed by atoms with van der Waals surface area (Å²) in [4.78, 5) is 21.1. The van der Waals surface area contributed by atoms with Gasteiger partial charge in [-0.3, -0.25) is 14.6 Å². The van der Waals surface area contributed by atoms with Gasteiger partial charge in [0.15, 0.2) is 11.5 Å². The Morgan fingerprint density at radius 3 is 2.50 bits per heavy atom. The molecule has 0 radical (unpaired) electrons. The van der Waals surface area contributed by atoms with Gasteiger partial charge in [-0.2, -0.15) is 0 Å². The van der Waals surface area contributed by atoms with Crippen LogP contribution in [0.1, 0.15) is 29.3 Å². The lowest BCUT2D eigenvalue weighted by Crippen LogP contribution is -2.49. The van der Waals surface area contributed by atoms with E-state index < -0.39 is 0 Å². The van der Waals surface area contributed by atoms with Crippen LogP contribution in [0.3, 0.4) is 0 Å². The second-order valence-corrected chi connectivity index (χ2v) is 8.98. The van der Waals surface area contributed by atoms with E-state index in [-0.39, 0.29) is 11.9 Å². The van der Waals surface area contributed by atoms with E-state index in [4.69, 9.17) is 9.47 Å². The molecule has 2 aliphatic rings. The van der Waals surface area contributed by atoms with Gasteiger partial charge in [0.25, 0.3) is 0 Å². The summed E-state index contributed by atoms with van der Waals surface area (Å²) in [6.45, 7) is 6.10. The molecule has 6 nitrogen and oxygen atoms in total. The molecule has 1 atom stereocenters. The molecule has 0 saturated carbocycles. The number of hydrogen-bond donors (Lipinski definition) is 0. The number of ether oxygens (including phenoxy) is 2. The van der Waals surface area contributed by atoms with E-state index in [1.807, 2.05) is 12.1 Å². The highest BCUT2D eigenvalue weighted by atomic mass is 32.1. The van der Waals surface area contributed by atoms with Crippen molar-refractivity contribution in [3.05, 3.63) is 46.2 Å². The lowest BCUT2D eigenvalue weighted by Gasteiger charge is -2.35. The van der Waals surface area contributed by atoms with Gasteiger partial charge in [0.05, 0.1) is 26.8 Å². The molecule has 4 rings (SSSR count). The van der Waals surface area contributed by atoms with Gasteiger partial charge in [-0.1, -0.05) is 12.1 Å². The zero-order chi connectivity index (χ0) is 20.9. The predicted molar refractivity (Wildman–Crippen MR) is 119 cm³/mol. The Balaban J connectivity index is 1.27. The number of piperazine rings is 1. The van der Waals surface area contributed by atoms with E-state index in [2.05, 4.69) is 38.3 Å². The van der Waals surface area contributed by atoms with Crippen LogP contribution in [0.25, 0.3) is 0 Å². The number of carbonyl (C=O) groups excluding carboxylic acids is 1. The van der Waals surface area contributed by atoms with Crippen LogP contribution in [0, 0.1) is 0 Å². The van der Waals surface area contributed by atoms with Gasteiger partial charge in [0.1, 0.15) is 0 Å². The normalized spacial score (nSPS) is 20.5. The molecule has 3 heterocycles. The van der Waals surface area contributed by atoms with Crippen LogP contribution in [-0.4, -0.2) is 74.1 Å². The molecule has 0 N–H and O–H groups in total. The summed E-state index contributed by atoms with van der Waals surface area (Å²) in [6.07, 6.45) is 2.19. The summed E-state index contributed by atoms with van der Waals surface area (Å²) in [5, 5.41) is 2.11. The molecule has 30 heavy (non-hydrogen) atoms. The Bertz CT molecular complexity index is 834. The summed E-state index contributed by atoms with van der Waals surface area (Å²) in [5.74, 6) is 1.80. The number of rotatable bonds is 7. The third kappa shape index (κ3) is 4.79. The Hall–Kier alpha value is -2.09. The Morgan fingerprint density at radius 2 is 1.80 bits per heavy atom. The van der Waals surface area contributed by atoms with E-state index in [1.165, 1.54) is 10.4 Å². The van der Waals surface area contributed by atoms with Gasteiger partial charge in [-0.15, -0.1) is 11.3 Å². The monoisotopic (exact) mass is 429 g/mol. The summed E-state index contributed by atoms with van der Waals surface area (Å²) in [5.41, 5.74) is 1.22. The number of nitrogens with zero attached hydrogens (tertiary/aromatic N) is 3. The van der Waals surface area contributed by atoms with Crippen LogP contribution in [0.2, 0.25) is 0 Å². The molecule has 162 valence electrons. The van der Waals surface area contributed by atoms with Crippen LogP contribution in [0.4, 0.5) is 0 Å². The first kappa shape index (κ1) is 21.2. The second kappa shape index (κ2) is 9.81. The van der Waals surface area contributed by atoms with Crippen molar-refractivity contribution in [3.8, 4) is 11.5 Å². The minimum Gasteiger partial charge on any atom is -0.493 e. The predicted octanol–water partition coefficient (Wildman–Crippen LogP) is 3.25. The number of amides is 1. The van der Waals surface area contributed by atoms with Crippen LogP contribution in [0.5, 0.6) is 11.5 Å². The highest BCUT2D eigenvalue weighted by molar-refractivity contribution is 7.10. The van der Waals surface area contributed by atoms with Gasteiger partial charge in [0.2, 0.25) is 5.91 Å². The van der Waals surface area contributed by atoms with Crippen molar-refractivity contribution >= 4 is 17.2 Å². The first-order valence-corrected chi connectivity index (χ1v) is 11.5. The fraction of sp³-hybridized carbons (Fsp3) is 0.522. The number of hydrogen-bond acceptors (Lipinski definition) is 6. The molecule has 1 aromatic heterocycles. The zero-order valence-electron chi connectivity index (χ0n) is 17.9. The minimum atomic E-state index is 0.277.